The minimum Gasteiger partial charge on any atom is -0.489 e. The molecule has 110 valence electrons. The minimum atomic E-state index is -0.0423. The molecule has 2 aromatic carbocycles. The van der Waals surface area contributed by atoms with Crippen LogP contribution in [0.15, 0.2) is 48.5 Å². The second-order valence-electron chi connectivity index (χ2n) is 5.00. The van der Waals surface area contributed by atoms with Crippen molar-refractivity contribution in [1.29, 1.82) is 0 Å². The highest BCUT2D eigenvalue weighted by Crippen LogP contribution is 2.21. The number of rotatable bonds is 5. The lowest BCUT2D eigenvalue weighted by molar-refractivity contribution is 0.0827. The first-order chi connectivity index (χ1) is 10.1. The van der Waals surface area contributed by atoms with Gasteiger partial charge in [-0.2, -0.15) is 0 Å². The maximum absolute atomic E-state index is 11.9. The van der Waals surface area contributed by atoms with Crippen LogP contribution in [-0.4, -0.2) is 24.9 Å². The van der Waals surface area contributed by atoms with Crippen LogP contribution in [0, 0.1) is 0 Å². The molecule has 0 bridgehead atoms. The Labute approximate surface area is 125 Å². The maximum atomic E-state index is 11.9. The first-order valence-electron chi connectivity index (χ1n) is 6.83. The highest BCUT2D eigenvalue weighted by molar-refractivity contribution is 5.94. The molecule has 4 heteroatoms. The van der Waals surface area contributed by atoms with Gasteiger partial charge in [-0.3, -0.25) is 4.79 Å². The summed E-state index contributed by atoms with van der Waals surface area (Å²) in [5.74, 6) is 0.677. The van der Waals surface area contributed by atoms with E-state index in [-0.39, 0.29) is 5.91 Å². The quantitative estimate of drug-likeness (QED) is 0.917. The summed E-state index contributed by atoms with van der Waals surface area (Å²) >= 11 is 0. The van der Waals surface area contributed by atoms with E-state index >= 15 is 0 Å². The van der Waals surface area contributed by atoms with Gasteiger partial charge in [-0.05, 0) is 23.8 Å². The van der Waals surface area contributed by atoms with E-state index in [9.17, 15) is 4.79 Å². The van der Waals surface area contributed by atoms with Gasteiger partial charge < -0.3 is 15.4 Å². The van der Waals surface area contributed by atoms with Gasteiger partial charge in [0.1, 0.15) is 12.4 Å². The number of carbonyl (C=O) groups is 1. The Balaban J connectivity index is 2.15. The van der Waals surface area contributed by atoms with Crippen LogP contribution in [0.25, 0.3) is 0 Å². The fourth-order valence-electron chi connectivity index (χ4n) is 2.01. The third-order valence-electron chi connectivity index (χ3n) is 3.17. The summed E-state index contributed by atoms with van der Waals surface area (Å²) in [7, 11) is 3.45. The van der Waals surface area contributed by atoms with Crippen LogP contribution < -0.4 is 10.5 Å². The molecule has 0 atom stereocenters. The molecule has 0 aliphatic rings. The number of amides is 1. The van der Waals surface area contributed by atoms with Crippen LogP contribution in [0.5, 0.6) is 5.75 Å². The molecular weight excluding hydrogens is 264 g/mol. The number of nitrogens with zero attached hydrogens (tertiary/aromatic N) is 1. The Morgan fingerprint density at radius 2 is 1.86 bits per heavy atom. The normalized spacial score (nSPS) is 10.2. The molecule has 0 fully saturated rings. The molecule has 0 unspecified atom stereocenters. The van der Waals surface area contributed by atoms with Crippen molar-refractivity contribution >= 4 is 5.91 Å². The van der Waals surface area contributed by atoms with Gasteiger partial charge in [-0.1, -0.05) is 30.3 Å². The van der Waals surface area contributed by atoms with E-state index in [1.165, 1.54) is 0 Å². The smallest absolute Gasteiger partial charge is 0.253 e. The summed E-state index contributed by atoms with van der Waals surface area (Å²) in [6, 6.07) is 15.3. The Hall–Kier alpha value is -2.33. The highest BCUT2D eigenvalue weighted by atomic mass is 16.5. The number of ether oxygens (including phenoxy) is 1. The fraction of sp³-hybridized carbons (Fsp3) is 0.235. The van der Waals surface area contributed by atoms with Crippen LogP contribution in [0.2, 0.25) is 0 Å². The maximum Gasteiger partial charge on any atom is 0.253 e. The fourth-order valence-corrected chi connectivity index (χ4v) is 2.01. The predicted octanol–water partition coefficient (Wildman–Crippen LogP) is 2.43. The lowest BCUT2D eigenvalue weighted by Gasteiger charge is -2.14. The van der Waals surface area contributed by atoms with Gasteiger partial charge in [0.25, 0.3) is 5.91 Å². The van der Waals surface area contributed by atoms with Gasteiger partial charge >= 0.3 is 0 Å². The molecule has 0 aliphatic heterocycles. The van der Waals surface area contributed by atoms with Gasteiger partial charge in [0.2, 0.25) is 0 Å². The predicted molar refractivity (Wildman–Crippen MR) is 83.1 cm³/mol. The molecule has 4 nitrogen and oxygen atoms in total. The molecule has 1 amide bonds. The summed E-state index contributed by atoms with van der Waals surface area (Å²) in [5.41, 5.74) is 8.30. The largest absolute Gasteiger partial charge is 0.489 e. The molecule has 0 saturated heterocycles. The second kappa shape index (κ2) is 6.90. The molecule has 0 spiro atoms. The van der Waals surface area contributed by atoms with Crippen molar-refractivity contribution in [1.82, 2.24) is 4.90 Å². The van der Waals surface area contributed by atoms with E-state index in [1.807, 2.05) is 36.4 Å². The molecular formula is C17H20N2O2. The molecule has 2 aromatic rings. The van der Waals surface area contributed by atoms with Crippen molar-refractivity contribution in [3.63, 3.8) is 0 Å². The zero-order chi connectivity index (χ0) is 15.2. The second-order valence-corrected chi connectivity index (χ2v) is 5.00. The summed E-state index contributed by atoms with van der Waals surface area (Å²) in [6.07, 6.45) is 0. The number of benzene rings is 2. The first-order valence-corrected chi connectivity index (χ1v) is 6.83. The molecule has 0 heterocycles. The Kier molecular flexibility index (Phi) is 4.95. The lowest BCUT2D eigenvalue weighted by Crippen LogP contribution is -2.22. The van der Waals surface area contributed by atoms with Crippen molar-refractivity contribution in [3.05, 3.63) is 65.2 Å². The average molecular weight is 284 g/mol. The molecule has 21 heavy (non-hydrogen) atoms. The van der Waals surface area contributed by atoms with Crippen molar-refractivity contribution in [2.24, 2.45) is 5.73 Å². The van der Waals surface area contributed by atoms with Crippen molar-refractivity contribution in [3.8, 4) is 5.75 Å². The summed E-state index contributed by atoms with van der Waals surface area (Å²) < 4.78 is 5.80. The van der Waals surface area contributed by atoms with Crippen molar-refractivity contribution in [2.75, 3.05) is 14.1 Å². The molecule has 0 saturated carbocycles. The summed E-state index contributed by atoms with van der Waals surface area (Å²) in [5, 5.41) is 0. The zero-order valence-corrected chi connectivity index (χ0v) is 12.4. The SMILES string of the molecule is CN(C)C(=O)c1ccc(OCc2ccccc2)c(CN)c1. The van der Waals surface area contributed by atoms with Crippen LogP contribution in [0.4, 0.5) is 0 Å². The molecule has 2 rings (SSSR count). The van der Waals surface area contributed by atoms with Gasteiger partial charge in [-0.15, -0.1) is 0 Å². The molecule has 0 aliphatic carbocycles. The van der Waals surface area contributed by atoms with Gasteiger partial charge in [-0.25, -0.2) is 0 Å². The third kappa shape index (κ3) is 3.83. The Morgan fingerprint density at radius 3 is 2.48 bits per heavy atom. The molecule has 0 radical (unpaired) electrons. The van der Waals surface area contributed by atoms with Crippen molar-refractivity contribution in [2.45, 2.75) is 13.2 Å². The van der Waals surface area contributed by atoms with Crippen molar-refractivity contribution < 1.29 is 9.53 Å². The Bertz CT molecular complexity index is 609. The zero-order valence-electron chi connectivity index (χ0n) is 12.4. The number of carbonyl (C=O) groups excluding carboxylic acids is 1. The number of nitrogens with two attached hydrogens (primary N) is 1. The molecule has 2 N–H and O–H groups in total. The number of hydrogen-bond donors (Lipinski definition) is 1. The molecule has 0 aromatic heterocycles. The van der Waals surface area contributed by atoms with Crippen LogP contribution in [0.3, 0.4) is 0 Å². The Morgan fingerprint density at radius 1 is 1.14 bits per heavy atom. The van der Waals surface area contributed by atoms with Crippen LogP contribution in [-0.2, 0) is 13.2 Å². The van der Waals surface area contributed by atoms with E-state index in [4.69, 9.17) is 10.5 Å². The average Bonchev–Trinajstić information content (AvgIpc) is 2.53. The lowest BCUT2D eigenvalue weighted by atomic mass is 10.1. The van der Waals surface area contributed by atoms with E-state index in [1.54, 1.807) is 31.1 Å². The highest BCUT2D eigenvalue weighted by Gasteiger charge is 2.11. The van der Waals surface area contributed by atoms with Crippen LogP contribution >= 0.6 is 0 Å². The topological polar surface area (TPSA) is 55.6 Å². The standard InChI is InChI=1S/C17H20N2O2/c1-19(2)17(20)14-8-9-16(15(10-14)11-18)21-12-13-6-4-3-5-7-13/h3-10H,11-12,18H2,1-2H3. The summed E-state index contributed by atoms with van der Waals surface area (Å²) in [4.78, 5) is 13.5. The van der Waals surface area contributed by atoms with Gasteiger partial charge in [0, 0.05) is 31.8 Å². The van der Waals surface area contributed by atoms with E-state index in [0.717, 1.165) is 16.9 Å². The third-order valence-corrected chi connectivity index (χ3v) is 3.17. The van der Waals surface area contributed by atoms with Gasteiger partial charge in [0.05, 0.1) is 0 Å². The van der Waals surface area contributed by atoms with Crippen LogP contribution in [0.1, 0.15) is 21.5 Å². The van der Waals surface area contributed by atoms with E-state index < -0.39 is 0 Å². The van der Waals surface area contributed by atoms with E-state index in [0.29, 0.717) is 18.7 Å². The van der Waals surface area contributed by atoms with E-state index in [2.05, 4.69) is 0 Å². The summed E-state index contributed by atoms with van der Waals surface area (Å²) in [6.45, 7) is 0.813. The first kappa shape index (κ1) is 15.1. The monoisotopic (exact) mass is 284 g/mol. The van der Waals surface area contributed by atoms with Gasteiger partial charge in [0.15, 0.2) is 0 Å². The minimum absolute atomic E-state index is 0.0423. The number of hydrogen-bond acceptors (Lipinski definition) is 3.